The van der Waals surface area contributed by atoms with Crippen LogP contribution in [0.3, 0.4) is 0 Å². The lowest BCUT2D eigenvalue weighted by Gasteiger charge is -2.35. The van der Waals surface area contributed by atoms with E-state index in [-0.39, 0.29) is 12.3 Å². The zero-order chi connectivity index (χ0) is 19.7. The molecule has 146 valence electrons. The van der Waals surface area contributed by atoms with Crippen molar-refractivity contribution in [1.82, 2.24) is 14.7 Å². The fourth-order valence-electron chi connectivity index (χ4n) is 3.01. The number of benzene rings is 2. The maximum Gasteiger partial charge on any atom is 0.288 e. The van der Waals surface area contributed by atoms with Crippen molar-refractivity contribution in [2.24, 2.45) is 0 Å². The van der Waals surface area contributed by atoms with Crippen molar-refractivity contribution in [3.8, 4) is 23.0 Å². The molecule has 0 saturated carbocycles. The van der Waals surface area contributed by atoms with Crippen molar-refractivity contribution in [2.75, 3.05) is 6.79 Å². The third kappa shape index (κ3) is 3.95. The molecule has 0 radical (unpaired) electrons. The predicted molar refractivity (Wildman–Crippen MR) is 109 cm³/mol. The molecule has 1 aliphatic rings. The standard InChI is InChI=1S/C21H23N3O3S/c1-21(2,3)23(12-15-7-5-4-6-8-15)13-24-20(28)27-19(22-24)16-9-10-17-18(11-16)26-14-25-17/h4-11H,12-14H2,1-3H3. The molecule has 0 aliphatic carbocycles. The monoisotopic (exact) mass is 397 g/mol. The molecule has 0 amide bonds. The molecule has 2 heterocycles. The average molecular weight is 398 g/mol. The zero-order valence-electron chi connectivity index (χ0n) is 16.2. The quantitative estimate of drug-likeness (QED) is 0.573. The molecule has 0 atom stereocenters. The van der Waals surface area contributed by atoms with E-state index >= 15 is 0 Å². The minimum Gasteiger partial charge on any atom is -0.454 e. The Bertz CT molecular complexity index is 1020. The van der Waals surface area contributed by atoms with Gasteiger partial charge in [-0.1, -0.05) is 30.3 Å². The van der Waals surface area contributed by atoms with Crippen LogP contribution in [0.2, 0.25) is 0 Å². The van der Waals surface area contributed by atoms with Gasteiger partial charge in [0.25, 0.3) is 4.84 Å². The van der Waals surface area contributed by atoms with Gasteiger partial charge in [0.2, 0.25) is 12.7 Å². The van der Waals surface area contributed by atoms with Crippen LogP contribution < -0.4 is 9.47 Å². The van der Waals surface area contributed by atoms with Gasteiger partial charge in [0.05, 0.1) is 6.67 Å². The van der Waals surface area contributed by atoms with Gasteiger partial charge < -0.3 is 13.9 Å². The van der Waals surface area contributed by atoms with Crippen LogP contribution in [0.15, 0.2) is 52.9 Å². The molecule has 28 heavy (non-hydrogen) atoms. The highest BCUT2D eigenvalue weighted by molar-refractivity contribution is 7.71. The van der Waals surface area contributed by atoms with E-state index in [9.17, 15) is 0 Å². The Hall–Kier alpha value is -2.64. The molecule has 7 heteroatoms. The van der Waals surface area contributed by atoms with Crippen molar-refractivity contribution in [3.63, 3.8) is 0 Å². The molecule has 3 aromatic rings. The molecule has 0 N–H and O–H groups in total. The summed E-state index contributed by atoms with van der Waals surface area (Å²) in [6.07, 6.45) is 0. The zero-order valence-corrected chi connectivity index (χ0v) is 17.0. The second kappa shape index (κ2) is 7.41. The average Bonchev–Trinajstić information content (AvgIpc) is 3.27. The summed E-state index contributed by atoms with van der Waals surface area (Å²) in [6.45, 7) is 8.09. The first-order valence-electron chi connectivity index (χ1n) is 9.17. The molecule has 4 rings (SSSR count). The second-order valence-electron chi connectivity index (χ2n) is 7.74. The topological polar surface area (TPSA) is 52.7 Å². The van der Waals surface area contributed by atoms with Crippen molar-refractivity contribution in [2.45, 2.75) is 39.5 Å². The van der Waals surface area contributed by atoms with Gasteiger partial charge in [-0.25, -0.2) is 4.68 Å². The Balaban J connectivity index is 1.59. The first kappa shape index (κ1) is 18.7. The summed E-state index contributed by atoms with van der Waals surface area (Å²) in [7, 11) is 0. The normalized spacial score (nSPS) is 13.3. The van der Waals surface area contributed by atoms with E-state index in [2.05, 4.69) is 55.0 Å². The van der Waals surface area contributed by atoms with Gasteiger partial charge in [0.1, 0.15) is 0 Å². The van der Waals surface area contributed by atoms with Crippen LogP contribution >= 0.6 is 12.2 Å². The highest BCUT2D eigenvalue weighted by Gasteiger charge is 2.24. The van der Waals surface area contributed by atoms with Crippen molar-refractivity contribution in [3.05, 3.63) is 58.9 Å². The molecule has 2 aromatic carbocycles. The molecule has 0 saturated heterocycles. The Morgan fingerprint density at radius 3 is 2.57 bits per heavy atom. The van der Waals surface area contributed by atoms with Crippen LogP contribution in [0.1, 0.15) is 26.3 Å². The third-order valence-corrected chi connectivity index (χ3v) is 4.99. The summed E-state index contributed by atoms with van der Waals surface area (Å²) in [5, 5.41) is 4.61. The van der Waals surface area contributed by atoms with Crippen molar-refractivity contribution in [1.29, 1.82) is 0 Å². The van der Waals surface area contributed by atoms with E-state index in [1.54, 1.807) is 4.68 Å². The molecule has 0 unspecified atom stereocenters. The summed E-state index contributed by atoms with van der Waals surface area (Å²) in [4.78, 5) is 2.65. The van der Waals surface area contributed by atoms with Crippen LogP contribution in [-0.4, -0.2) is 27.0 Å². The number of nitrogens with zero attached hydrogens (tertiary/aromatic N) is 3. The third-order valence-electron chi connectivity index (χ3n) is 4.70. The van der Waals surface area contributed by atoms with Gasteiger partial charge in [-0.15, -0.1) is 5.10 Å². The summed E-state index contributed by atoms with van der Waals surface area (Å²) >= 11 is 5.43. The van der Waals surface area contributed by atoms with E-state index in [1.165, 1.54) is 5.56 Å². The second-order valence-corrected chi connectivity index (χ2v) is 8.09. The van der Waals surface area contributed by atoms with E-state index in [1.807, 2.05) is 24.3 Å². The Morgan fingerprint density at radius 2 is 1.82 bits per heavy atom. The molecule has 1 aromatic heterocycles. The predicted octanol–water partition coefficient (Wildman–Crippen LogP) is 4.86. The lowest BCUT2D eigenvalue weighted by atomic mass is 10.1. The van der Waals surface area contributed by atoms with Gasteiger partial charge in [0, 0.05) is 17.6 Å². The van der Waals surface area contributed by atoms with Crippen LogP contribution in [0.5, 0.6) is 11.5 Å². The molecule has 0 spiro atoms. The number of fused-ring (bicyclic) bond motifs is 1. The highest BCUT2D eigenvalue weighted by Crippen LogP contribution is 2.35. The molecule has 0 bridgehead atoms. The van der Waals surface area contributed by atoms with E-state index in [4.69, 9.17) is 26.1 Å². The van der Waals surface area contributed by atoms with Gasteiger partial charge in [0.15, 0.2) is 11.5 Å². The SMILES string of the molecule is CC(C)(C)N(Cc1ccccc1)Cn1nc(-c2ccc3c(c2)OCO3)oc1=S. The lowest BCUT2D eigenvalue weighted by Crippen LogP contribution is -2.42. The Kier molecular flexibility index (Phi) is 4.95. The molecular weight excluding hydrogens is 374 g/mol. The largest absolute Gasteiger partial charge is 0.454 e. The first-order valence-corrected chi connectivity index (χ1v) is 9.58. The maximum atomic E-state index is 5.77. The fourth-order valence-corrected chi connectivity index (χ4v) is 3.18. The number of aromatic nitrogens is 2. The summed E-state index contributed by atoms with van der Waals surface area (Å²) in [5.74, 6) is 1.88. The number of rotatable bonds is 5. The Morgan fingerprint density at radius 1 is 1.07 bits per heavy atom. The molecule has 1 aliphatic heterocycles. The van der Waals surface area contributed by atoms with Gasteiger partial charge in [-0.05, 0) is 56.8 Å². The highest BCUT2D eigenvalue weighted by atomic mass is 32.1. The van der Waals surface area contributed by atoms with Gasteiger partial charge in [-0.2, -0.15) is 0 Å². The molecule has 6 nitrogen and oxygen atoms in total. The van der Waals surface area contributed by atoms with Crippen molar-refractivity contribution < 1.29 is 13.9 Å². The number of hydrogen-bond donors (Lipinski definition) is 0. The van der Waals surface area contributed by atoms with Crippen LogP contribution in [0.25, 0.3) is 11.5 Å². The van der Waals surface area contributed by atoms with E-state index < -0.39 is 0 Å². The summed E-state index contributed by atoms with van der Waals surface area (Å²) in [6, 6.07) is 16.0. The van der Waals surface area contributed by atoms with Gasteiger partial charge >= 0.3 is 0 Å². The minimum absolute atomic E-state index is 0.0670. The summed E-state index contributed by atoms with van der Waals surface area (Å²) < 4.78 is 18.3. The van der Waals surface area contributed by atoms with E-state index in [0.29, 0.717) is 23.1 Å². The first-order chi connectivity index (χ1) is 13.4. The van der Waals surface area contributed by atoms with Crippen LogP contribution in [-0.2, 0) is 13.2 Å². The maximum absolute atomic E-state index is 5.77. The number of hydrogen-bond acceptors (Lipinski definition) is 6. The van der Waals surface area contributed by atoms with Gasteiger partial charge in [-0.3, -0.25) is 4.90 Å². The Labute approximate surface area is 169 Å². The van der Waals surface area contributed by atoms with Crippen LogP contribution in [0, 0.1) is 4.84 Å². The van der Waals surface area contributed by atoms with Crippen molar-refractivity contribution >= 4 is 12.2 Å². The number of ether oxygens (including phenoxy) is 2. The van der Waals surface area contributed by atoms with E-state index in [0.717, 1.165) is 17.9 Å². The van der Waals surface area contributed by atoms with Crippen LogP contribution in [0.4, 0.5) is 0 Å². The fraction of sp³-hybridized carbons (Fsp3) is 0.333. The molecule has 0 fully saturated rings. The summed E-state index contributed by atoms with van der Waals surface area (Å²) in [5.41, 5.74) is 1.98. The smallest absolute Gasteiger partial charge is 0.288 e. The molecular formula is C21H23N3O3S. The lowest BCUT2D eigenvalue weighted by molar-refractivity contribution is 0.0809. The minimum atomic E-state index is -0.0670.